The molecule has 0 N–H and O–H groups in total. The first-order chi connectivity index (χ1) is 10.1. The van der Waals surface area contributed by atoms with Crippen molar-refractivity contribution in [1.29, 1.82) is 0 Å². The van der Waals surface area contributed by atoms with E-state index in [4.69, 9.17) is 14.2 Å². The maximum absolute atomic E-state index is 11.4. The number of nitro groups is 1. The fraction of sp³-hybridized carbons (Fsp3) is 0.462. The van der Waals surface area contributed by atoms with Crippen LogP contribution in [0.2, 0.25) is 0 Å². The molecule has 0 aliphatic rings. The molecular formula is C13H17NO7. The van der Waals surface area contributed by atoms with E-state index in [1.165, 1.54) is 25.3 Å². The van der Waals surface area contributed by atoms with E-state index < -0.39 is 10.9 Å². The van der Waals surface area contributed by atoms with Gasteiger partial charge in [-0.3, -0.25) is 10.1 Å². The summed E-state index contributed by atoms with van der Waals surface area (Å²) >= 11 is 0. The molecule has 0 heterocycles. The number of hydrogen-bond acceptors (Lipinski definition) is 7. The van der Waals surface area contributed by atoms with E-state index in [1.54, 1.807) is 7.11 Å². The van der Waals surface area contributed by atoms with Crippen LogP contribution >= 0.6 is 0 Å². The van der Waals surface area contributed by atoms with Gasteiger partial charge in [-0.1, -0.05) is 0 Å². The summed E-state index contributed by atoms with van der Waals surface area (Å²) in [6.07, 6.45) is 0. The summed E-state index contributed by atoms with van der Waals surface area (Å²) in [5.74, 6) is -0.593. The SMILES string of the molecule is COCCOCCOc1cc(C(=O)OC)ccc1[N+](=O)[O-]. The second-order valence-corrected chi connectivity index (χ2v) is 3.88. The lowest BCUT2D eigenvalue weighted by Gasteiger charge is -2.08. The predicted molar refractivity (Wildman–Crippen MR) is 72.6 cm³/mol. The van der Waals surface area contributed by atoms with Gasteiger partial charge < -0.3 is 18.9 Å². The van der Waals surface area contributed by atoms with Crippen LogP contribution in [0.1, 0.15) is 10.4 Å². The van der Waals surface area contributed by atoms with Crippen LogP contribution in [0.15, 0.2) is 18.2 Å². The van der Waals surface area contributed by atoms with Crippen molar-refractivity contribution in [3.8, 4) is 5.75 Å². The molecule has 0 spiro atoms. The molecule has 8 nitrogen and oxygen atoms in total. The Morgan fingerprint density at radius 1 is 1.19 bits per heavy atom. The molecule has 0 amide bonds. The Morgan fingerprint density at radius 3 is 2.52 bits per heavy atom. The fourth-order valence-corrected chi connectivity index (χ4v) is 1.48. The number of nitrogens with zero attached hydrogens (tertiary/aromatic N) is 1. The summed E-state index contributed by atoms with van der Waals surface area (Å²) in [7, 11) is 2.79. The van der Waals surface area contributed by atoms with Crippen molar-refractivity contribution in [3.63, 3.8) is 0 Å². The number of carbonyl (C=O) groups excluding carboxylic acids is 1. The number of benzene rings is 1. The topological polar surface area (TPSA) is 97.1 Å². The Balaban J connectivity index is 2.68. The molecule has 1 rings (SSSR count). The maximum Gasteiger partial charge on any atom is 0.337 e. The summed E-state index contributed by atoms with van der Waals surface area (Å²) in [4.78, 5) is 21.7. The van der Waals surface area contributed by atoms with E-state index in [0.29, 0.717) is 13.2 Å². The van der Waals surface area contributed by atoms with Gasteiger partial charge in [0.2, 0.25) is 0 Å². The smallest absolute Gasteiger partial charge is 0.337 e. The Labute approximate surface area is 121 Å². The van der Waals surface area contributed by atoms with Crippen LogP contribution in [0.3, 0.4) is 0 Å². The Kier molecular flexibility index (Phi) is 7.13. The molecule has 0 aliphatic heterocycles. The highest BCUT2D eigenvalue weighted by Gasteiger charge is 2.18. The predicted octanol–water partition coefficient (Wildman–Crippen LogP) is 1.42. The second-order valence-electron chi connectivity index (χ2n) is 3.88. The van der Waals surface area contributed by atoms with Gasteiger partial charge in [0.15, 0.2) is 5.75 Å². The van der Waals surface area contributed by atoms with Crippen LogP contribution in [-0.4, -0.2) is 51.5 Å². The highest BCUT2D eigenvalue weighted by molar-refractivity contribution is 5.90. The monoisotopic (exact) mass is 299 g/mol. The first-order valence-electron chi connectivity index (χ1n) is 6.16. The third-order valence-corrected chi connectivity index (χ3v) is 2.49. The number of carbonyl (C=O) groups is 1. The quantitative estimate of drug-likeness (QED) is 0.294. The minimum absolute atomic E-state index is 0.00163. The van der Waals surface area contributed by atoms with Crippen LogP contribution < -0.4 is 4.74 Å². The number of hydrogen-bond donors (Lipinski definition) is 0. The highest BCUT2D eigenvalue weighted by Crippen LogP contribution is 2.28. The lowest BCUT2D eigenvalue weighted by molar-refractivity contribution is -0.385. The number of rotatable bonds is 9. The summed E-state index contributed by atoms with van der Waals surface area (Å²) in [5, 5.41) is 10.9. The molecule has 1 aromatic carbocycles. The minimum Gasteiger partial charge on any atom is -0.484 e. The molecule has 0 aromatic heterocycles. The molecule has 21 heavy (non-hydrogen) atoms. The van der Waals surface area contributed by atoms with E-state index in [1.807, 2.05) is 0 Å². The fourth-order valence-electron chi connectivity index (χ4n) is 1.48. The van der Waals surface area contributed by atoms with Gasteiger partial charge in [0.05, 0.1) is 37.4 Å². The average molecular weight is 299 g/mol. The van der Waals surface area contributed by atoms with E-state index in [-0.39, 0.29) is 30.2 Å². The van der Waals surface area contributed by atoms with Gasteiger partial charge in [0.25, 0.3) is 0 Å². The van der Waals surface area contributed by atoms with E-state index in [2.05, 4.69) is 4.74 Å². The molecule has 0 radical (unpaired) electrons. The number of ether oxygens (including phenoxy) is 4. The molecule has 1 aromatic rings. The Morgan fingerprint density at radius 2 is 1.90 bits per heavy atom. The van der Waals surface area contributed by atoms with Gasteiger partial charge in [0.1, 0.15) is 6.61 Å². The molecule has 116 valence electrons. The summed E-state index contributed by atoms with van der Waals surface area (Å²) in [6.45, 7) is 1.24. The molecule has 0 aliphatic carbocycles. The molecule has 0 unspecified atom stereocenters. The van der Waals surface area contributed by atoms with Gasteiger partial charge in [-0.05, 0) is 6.07 Å². The van der Waals surface area contributed by atoms with Crippen molar-refractivity contribution in [2.45, 2.75) is 0 Å². The van der Waals surface area contributed by atoms with Crippen molar-refractivity contribution < 1.29 is 28.7 Å². The van der Waals surface area contributed by atoms with Crippen molar-refractivity contribution in [1.82, 2.24) is 0 Å². The zero-order valence-corrected chi connectivity index (χ0v) is 11.9. The largest absolute Gasteiger partial charge is 0.484 e. The van der Waals surface area contributed by atoms with Crippen LogP contribution in [0.25, 0.3) is 0 Å². The molecular weight excluding hydrogens is 282 g/mol. The third kappa shape index (κ3) is 5.36. The number of esters is 1. The van der Waals surface area contributed by atoms with Gasteiger partial charge in [-0.15, -0.1) is 0 Å². The molecule has 0 fully saturated rings. The highest BCUT2D eigenvalue weighted by atomic mass is 16.6. The summed E-state index contributed by atoms with van der Waals surface area (Å²) < 4.78 is 19.8. The normalized spacial score (nSPS) is 10.2. The van der Waals surface area contributed by atoms with Crippen molar-refractivity contribution >= 4 is 11.7 Å². The molecule has 0 saturated carbocycles. The van der Waals surface area contributed by atoms with Crippen molar-refractivity contribution in [2.75, 3.05) is 40.6 Å². The molecule has 0 saturated heterocycles. The first kappa shape index (κ1) is 16.9. The van der Waals surface area contributed by atoms with Crippen LogP contribution in [0.4, 0.5) is 5.69 Å². The van der Waals surface area contributed by atoms with Crippen LogP contribution in [0, 0.1) is 10.1 Å². The van der Waals surface area contributed by atoms with E-state index >= 15 is 0 Å². The lowest BCUT2D eigenvalue weighted by Crippen LogP contribution is -2.11. The Hall–Kier alpha value is -2.19. The minimum atomic E-state index is -0.592. The van der Waals surface area contributed by atoms with Crippen LogP contribution in [0.5, 0.6) is 5.75 Å². The van der Waals surface area contributed by atoms with Gasteiger partial charge in [0, 0.05) is 19.2 Å². The number of nitro benzene ring substituents is 1. The van der Waals surface area contributed by atoms with Gasteiger partial charge in [-0.25, -0.2) is 4.79 Å². The van der Waals surface area contributed by atoms with E-state index in [0.717, 1.165) is 0 Å². The molecule has 8 heteroatoms. The summed E-state index contributed by atoms with van der Waals surface area (Å²) in [6, 6.07) is 3.79. The Bertz CT molecular complexity index is 489. The summed E-state index contributed by atoms with van der Waals surface area (Å²) in [5.41, 5.74) is -0.0436. The zero-order chi connectivity index (χ0) is 15.7. The molecule has 0 bridgehead atoms. The first-order valence-corrected chi connectivity index (χ1v) is 6.16. The zero-order valence-electron chi connectivity index (χ0n) is 11.9. The van der Waals surface area contributed by atoms with Crippen molar-refractivity contribution in [2.24, 2.45) is 0 Å². The van der Waals surface area contributed by atoms with Crippen LogP contribution in [-0.2, 0) is 14.2 Å². The second kappa shape index (κ2) is 8.88. The third-order valence-electron chi connectivity index (χ3n) is 2.49. The van der Waals surface area contributed by atoms with E-state index in [9.17, 15) is 14.9 Å². The number of methoxy groups -OCH3 is 2. The van der Waals surface area contributed by atoms with Gasteiger partial charge >= 0.3 is 11.7 Å². The average Bonchev–Trinajstić information content (AvgIpc) is 2.49. The standard InChI is InChI=1S/C13H17NO7/c1-18-5-6-20-7-8-21-12-9-10(13(15)19-2)3-4-11(12)14(16)17/h3-4,9H,5-8H2,1-2H3. The maximum atomic E-state index is 11.4. The molecule has 0 atom stereocenters. The van der Waals surface area contributed by atoms with Gasteiger partial charge in [-0.2, -0.15) is 0 Å². The lowest BCUT2D eigenvalue weighted by atomic mass is 10.2. The van der Waals surface area contributed by atoms with Crippen molar-refractivity contribution in [3.05, 3.63) is 33.9 Å².